The van der Waals surface area contributed by atoms with Crippen LogP contribution in [0.2, 0.25) is 0 Å². The summed E-state index contributed by atoms with van der Waals surface area (Å²) in [5, 5.41) is 25.2. The number of ketones is 1. The molecule has 0 radical (unpaired) electrons. The molecule has 1 amide bonds. The van der Waals surface area contributed by atoms with Crippen molar-refractivity contribution in [1.82, 2.24) is 10.2 Å². The van der Waals surface area contributed by atoms with Gasteiger partial charge in [0.1, 0.15) is 47.2 Å². The van der Waals surface area contributed by atoms with E-state index in [0.717, 1.165) is 54.4 Å². The molecule has 2 aliphatic heterocycles. The number of para-hydroxylation sites is 5. The SMILES string of the molecule is CCOC(=O)C(=O)c1cc2ccccc2o1.CCOC(=O)C(F)(F)c1cc2ccccc2o1.O=C(N[C@H](CN1CCCC1)[C@H](O)c1ccc2c(c1)OCCO2)C(F)(F)c1cc2ccccc2o1.O=C(O)C(F)(F)c1cc2ccccc2o1.c1ccc2occc2c1. The van der Waals surface area contributed by atoms with Crippen LogP contribution in [0.4, 0.5) is 26.3 Å². The first-order chi connectivity index (χ1) is 43.7. The lowest BCUT2D eigenvalue weighted by atomic mass is 10.0. The quantitative estimate of drug-likeness (QED) is 0.0374. The number of rotatable bonds is 15. The summed E-state index contributed by atoms with van der Waals surface area (Å²) in [6.45, 7) is 5.78. The van der Waals surface area contributed by atoms with Gasteiger partial charge in [-0.25, -0.2) is 14.4 Å². The Balaban J connectivity index is 0.000000145. The van der Waals surface area contributed by atoms with E-state index in [4.69, 9.17) is 36.7 Å². The lowest BCUT2D eigenvalue weighted by molar-refractivity contribution is -0.175. The van der Waals surface area contributed by atoms with Gasteiger partial charge in [-0.3, -0.25) is 9.59 Å². The number of fused-ring (bicyclic) bond motifs is 6. The van der Waals surface area contributed by atoms with Gasteiger partial charge in [0, 0.05) is 33.5 Å². The van der Waals surface area contributed by atoms with Crippen molar-refractivity contribution in [1.29, 1.82) is 0 Å². The third kappa shape index (κ3) is 15.6. The maximum absolute atomic E-state index is 15.1. The number of amides is 1. The van der Waals surface area contributed by atoms with Gasteiger partial charge in [-0.2, -0.15) is 26.3 Å². The van der Waals surface area contributed by atoms with Gasteiger partial charge in [0.2, 0.25) is 0 Å². The lowest BCUT2D eigenvalue weighted by Gasteiger charge is -2.30. The van der Waals surface area contributed by atoms with Crippen molar-refractivity contribution in [3.05, 3.63) is 205 Å². The maximum atomic E-state index is 15.1. The second kappa shape index (κ2) is 28.9. The van der Waals surface area contributed by atoms with Gasteiger partial charge in [-0.15, -0.1) is 0 Å². The van der Waals surface area contributed by atoms with Crippen LogP contribution < -0.4 is 14.8 Å². The Labute approximate surface area is 513 Å². The lowest BCUT2D eigenvalue weighted by Crippen LogP contribution is -2.50. The minimum absolute atomic E-state index is 0.0136. The molecule has 0 aliphatic carbocycles. The molecule has 1 saturated heterocycles. The summed E-state index contributed by atoms with van der Waals surface area (Å²) < 4.78 is 129. The van der Waals surface area contributed by atoms with Crippen LogP contribution in [0.1, 0.15) is 66.2 Å². The smallest absolute Gasteiger partial charge is 0.399 e. The number of aliphatic hydroxyl groups is 1. The Morgan fingerprint density at radius 3 is 1.49 bits per heavy atom. The summed E-state index contributed by atoms with van der Waals surface area (Å²) in [5.74, 6) is -19.9. The molecule has 5 aromatic heterocycles. The van der Waals surface area contributed by atoms with Gasteiger partial charge in [-0.05, 0) is 118 Å². The highest BCUT2D eigenvalue weighted by Gasteiger charge is 2.48. The van der Waals surface area contributed by atoms with E-state index < -0.39 is 76.8 Å². The number of hydrogen-bond acceptors (Lipinski definition) is 16. The van der Waals surface area contributed by atoms with Crippen LogP contribution in [-0.2, 0) is 46.4 Å². The number of halogens is 6. The number of benzene rings is 6. The highest BCUT2D eigenvalue weighted by Crippen LogP contribution is 2.38. The number of carboxylic acid groups (broad SMARTS) is 1. The van der Waals surface area contributed by atoms with Gasteiger partial charge in [-0.1, -0.05) is 97.1 Å². The van der Waals surface area contributed by atoms with Crippen molar-refractivity contribution < 1.29 is 102 Å². The highest BCUT2D eigenvalue weighted by molar-refractivity contribution is 6.40. The molecule has 91 heavy (non-hydrogen) atoms. The topological polar surface area (TPSA) is 244 Å². The predicted octanol–water partition coefficient (Wildman–Crippen LogP) is 13.9. The van der Waals surface area contributed by atoms with Gasteiger partial charge >= 0.3 is 41.5 Å². The molecular formula is C67H58F6N2O16. The summed E-state index contributed by atoms with van der Waals surface area (Å²) in [7, 11) is 0. The third-order valence-corrected chi connectivity index (χ3v) is 14.0. The molecule has 0 saturated carbocycles. The van der Waals surface area contributed by atoms with Crippen LogP contribution in [-0.4, -0.2) is 96.8 Å². The number of hydrogen-bond donors (Lipinski definition) is 3. The number of aliphatic carboxylic acids is 1. The number of furan rings is 5. The molecule has 0 bridgehead atoms. The largest absolute Gasteiger partial charge is 0.486 e. The van der Waals surface area contributed by atoms with E-state index in [1.807, 2.05) is 41.3 Å². The van der Waals surface area contributed by atoms with Crippen LogP contribution in [0.5, 0.6) is 11.5 Å². The number of alkyl halides is 6. The molecule has 7 heterocycles. The fraction of sp³-hybridized carbons (Fsp3) is 0.239. The van der Waals surface area contributed by atoms with E-state index in [0.29, 0.717) is 57.6 Å². The molecule has 11 aromatic rings. The number of Topliss-reactive ketones (excluding diaryl/α,β-unsaturated/α-hetero) is 1. The van der Waals surface area contributed by atoms with Crippen molar-refractivity contribution in [3.8, 4) is 11.5 Å². The Hall–Kier alpha value is -10.3. The fourth-order valence-corrected chi connectivity index (χ4v) is 9.45. The third-order valence-electron chi connectivity index (χ3n) is 14.0. The molecule has 0 spiro atoms. The monoisotopic (exact) mass is 1260 g/mol. The van der Waals surface area contributed by atoms with Crippen molar-refractivity contribution in [2.45, 2.75) is 56.6 Å². The van der Waals surface area contributed by atoms with Crippen LogP contribution in [0.25, 0.3) is 54.8 Å². The number of nitrogens with one attached hydrogen (secondary N) is 1. The Bertz CT molecular complexity index is 4150. The summed E-state index contributed by atoms with van der Waals surface area (Å²) in [6.07, 6.45) is 2.43. The number of likely N-dealkylation sites (tertiary alicyclic amines) is 1. The number of nitrogens with zero attached hydrogens (tertiary/aromatic N) is 1. The van der Waals surface area contributed by atoms with E-state index in [1.165, 1.54) is 25.1 Å². The normalized spacial score (nSPS) is 13.7. The summed E-state index contributed by atoms with van der Waals surface area (Å²) >= 11 is 0. The van der Waals surface area contributed by atoms with Crippen LogP contribution in [0.3, 0.4) is 0 Å². The fourth-order valence-electron chi connectivity index (χ4n) is 9.45. The molecule has 18 nitrogen and oxygen atoms in total. The molecule has 24 heteroatoms. The van der Waals surface area contributed by atoms with E-state index in [1.54, 1.807) is 116 Å². The number of ether oxygens (including phenoxy) is 4. The standard InChI is InChI=1S/C25H26F2N2O5.C12H10F2O3.C12H10O4.C10H6F2O3.C8H6O/c26-25(27,22-14-16-5-1-2-6-19(16)34-22)24(31)28-18(15-29-9-3-4-10-29)23(30)17-7-8-20-21(13-17)33-12-11-32-20;1-2-16-11(15)12(13,14)10-7-8-5-3-4-6-9(8)17-10;1-2-15-12(14)11(13)10-7-8-5-3-4-6-9(8)16-10;11-10(12,9(13)14)8-5-6-3-1-2-4-7(6)15-8;1-2-4-8-7(3-1)5-6-9-8/h1-2,5-8,13-14,18,23,30H,3-4,9-12,15H2,(H,28,31);3-7H,2H2,1H3;3-7H,2H2,1H3;1-5H,(H,13,14);1-6H/t18-,23-;;;;/m1..../s1. The number of aliphatic hydroxyl groups excluding tert-OH is 1. The molecule has 6 aromatic carbocycles. The van der Waals surface area contributed by atoms with Crippen molar-refractivity contribution >= 4 is 84.4 Å². The number of esters is 2. The summed E-state index contributed by atoms with van der Waals surface area (Å²) in [4.78, 5) is 59.0. The first-order valence-electron chi connectivity index (χ1n) is 28.4. The molecule has 2 atom stereocenters. The van der Waals surface area contributed by atoms with Crippen molar-refractivity contribution in [3.63, 3.8) is 0 Å². The van der Waals surface area contributed by atoms with Gasteiger partial charge in [0.15, 0.2) is 34.5 Å². The Morgan fingerprint density at radius 2 is 1.00 bits per heavy atom. The van der Waals surface area contributed by atoms with E-state index >= 15 is 8.78 Å². The van der Waals surface area contributed by atoms with Gasteiger partial charge in [0.05, 0.1) is 25.5 Å². The molecule has 474 valence electrons. The highest BCUT2D eigenvalue weighted by atomic mass is 19.3. The number of carboxylic acids is 1. The number of carbonyl (C=O) groups excluding carboxylic acids is 4. The molecule has 13 rings (SSSR count). The van der Waals surface area contributed by atoms with E-state index in [2.05, 4.69) is 14.8 Å². The van der Waals surface area contributed by atoms with E-state index in [9.17, 15) is 46.6 Å². The minimum Gasteiger partial charge on any atom is -0.486 e. The van der Waals surface area contributed by atoms with Crippen molar-refractivity contribution in [2.75, 3.05) is 46.1 Å². The zero-order valence-electron chi connectivity index (χ0n) is 48.6. The van der Waals surface area contributed by atoms with Crippen LogP contribution in [0, 0.1) is 0 Å². The van der Waals surface area contributed by atoms with Gasteiger partial charge < -0.3 is 61.5 Å². The van der Waals surface area contributed by atoms with Crippen molar-refractivity contribution in [2.24, 2.45) is 0 Å². The minimum atomic E-state index is -3.99. The van der Waals surface area contributed by atoms with Crippen LogP contribution >= 0.6 is 0 Å². The molecule has 2 aliphatic rings. The average Bonchev–Trinajstić information content (AvgIpc) is 1.84. The molecule has 3 N–H and O–H groups in total. The predicted molar refractivity (Wildman–Crippen MR) is 318 cm³/mol. The molecule has 1 fully saturated rings. The zero-order valence-corrected chi connectivity index (χ0v) is 48.6. The average molecular weight is 1260 g/mol. The number of carbonyl (C=O) groups is 5. The van der Waals surface area contributed by atoms with E-state index in [-0.39, 0.29) is 36.7 Å². The zero-order chi connectivity index (χ0) is 64.9. The maximum Gasteiger partial charge on any atom is 0.399 e. The Kier molecular flexibility index (Phi) is 20.7. The summed E-state index contributed by atoms with van der Waals surface area (Å²) in [6, 6.07) is 45.4. The molecular weight excluding hydrogens is 1200 g/mol. The first-order valence-corrected chi connectivity index (χ1v) is 28.4. The van der Waals surface area contributed by atoms with Gasteiger partial charge in [0.25, 0.3) is 5.91 Å². The Morgan fingerprint density at radius 1 is 0.538 bits per heavy atom. The second-order valence-electron chi connectivity index (χ2n) is 20.3. The molecule has 0 unspecified atom stereocenters. The summed E-state index contributed by atoms with van der Waals surface area (Å²) in [5.41, 5.74) is 2.81. The first kappa shape index (κ1) is 65.1. The van der Waals surface area contributed by atoms with Crippen LogP contribution in [0.15, 0.2) is 198 Å². The second-order valence-corrected chi connectivity index (χ2v) is 20.3.